The fourth-order valence-corrected chi connectivity index (χ4v) is 0.750. The average Bonchev–Trinajstić information content (AvgIpc) is 1.84. The van der Waals surface area contributed by atoms with Crippen LogP contribution in [0.15, 0.2) is 0 Å². The van der Waals surface area contributed by atoms with E-state index in [1.807, 2.05) is 13.8 Å². The highest BCUT2D eigenvalue weighted by Crippen LogP contribution is 1.77. The molecule has 5 nitrogen and oxygen atoms in total. The summed E-state index contributed by atoms with van der Waals surface area (Å²) >= 11 is 4.74. The normalized spacial score (nSPS) is 9.58. The minimum Gasteiger partial charge on any atom is -0.479 e. The zero-order valence-electron chi connectivity index (χ0n) is 6.96. The number of hydrogen-bond donors (Lipinski definition) is 3. The highest BCUT2D eigenvalue weighted by Gasteiger charge is 1.99. The van der Waals surface area contributed by atoms with E-state index in [1.54, 1.807) is 0 Å². The van der Waals surface area contributed by atoms with Crippen molar-refractivity contribution in [3.8, 4) is 0 Å². The third-order valence-electron chi connectivity index (χ3n) is 0.780. The van der Waals surface area contributed by atoms with Crippen LogP contribution in [-0.2, 0) is 9.63 Å². The van der Waals surface area contributed by atoms with Crippen molar-refractivity contribution in [2.45, 2.75) is 19.9 Å². The number of hydrogen-bond acceptors (Lipinski definition) is 3. The standard InChI is InChI=1S/C6H12N2O3S/c1-4(2)7-6(12)8-11-3-5(9)10/h4H,3H2,1-2H3,(H,9,10)(H2,7,8,12). The van der Waals surface area contributed by atoms with Crippen LogP contribution in [0.5, 0.6) is 0 Å². The van der Waals surface area contributed by atoms with Gasteiger partial charge in [-0.25, -0.2) is 10.3 Å². The maximum absolute atomic E-state index is 9.97. The Morgan fingerprint density at radius 2 is 2.25 bits per heavy atom. The van der Waals surface area contributed by atoms with Crippen LogP contribution < -0.4 is 10.8 Å². The van der Waals surface area contributed by atoms with E-state index in [9.17, 15) is 4.79 Å². The van der Waals surface area contributed by atoms with Crippen LogP contribution in [0.4, 0.5) is 0 Å². The third-order valence-corrected chi connectivity index (χ3v) is 0.981. The summed E-state index contributed by atoms with van der Waals surface area (Å²) in [6.07, 6.45) is 0. The Balaban J connectivity index is 3.38. The van der Waals surface area contributed by atoms with E-state index in [0.717, 1.165) is 0 Å². The van der Waals surface area contributed by atoms with Gasteiger partial charge in [0.2, 0.25) is 0 Å². The number of carboxylic acids is 1. The molecule has 0 radical (unpaired) electrons. The quantitative estimate of drug-likeness (QED) is 0.426. The van der Waals surface area contributed by atoms with Crippen molar-refractivity contribution in [2.75, 3.05) is 6.61 Å². The van der Waals surface area contributed by atoms with Gasteiger partial charge in [-0.3, -0.25) is 4.84 Å². The van der Waals surface area contributed by atoms with Crippen molar-refractivity contribution in [3.05, 3.63) is 0 Å². The zero-order chi connectivity index (χ0) is 9.56. The van der Waals surface area contributed by atoms with Gasteiger partial charge in [-0.05, 0) is 26.1 Å². The van der Waals surface area contributed by atoms with Gasteiger partial charge in [-0.1, -0.05) is 0 Å². The monoisotopic (exact) mass is 192 g/mol. The van der Waals surface area contributed by atoms with Crippen molar-refractivity contribution in [1.29, 1.82) is 0 Å². The maximum atomic E-state index is 9.97. The molecule has 0 spiro atoms. The van der Waals surface area contributed by atoms with Crippen molar-refractivity contribution < 1.29 is 14.7 Å². The summed E-state index contributed by atoms with van der Waals surface area (Å²) in [5.41, 5.74) is 2.28. The van der Waals surface area contributed by atoms with Crippen LogP contribution in [0.2, 0.25) is 0 Å². The second-order valence-corrected chi connectivity index (χ2v) is 2.82. The molecular formula is C6H12N2O3S. The van der Waals surface area contributed by atoms with Gasteiger partial charge < -0.3 is 10.4 Å². The predicted molar refractivity (Wildman–Crippen MR) is 47.6 cm³/mol. The Hall–Kier alpha value is -0.880. The lowest BCUT2D eigenvalue weighted by molar-refractivity contribution is -0.143. The summed E-state index contributed by atoms with van der Waals surface area (Å²) in [5, 5.41) is 11.3. The van der Waals surface area contributed by atoms with Gasteiger partial charge in [0.05, 0.1) is 0 Å². The summed E-state index contributed by atoms with van der Waals surface area (Å²) in [7, 11) is 0. The van der Waals surface area contributed by atoms with E-state index < -0.39 is 12.6 Å². The van der Waals surface area contributed by atoms with Crippen LogP contribution in [0.25, 0.3) is 0 Å². The molecule has 0 unspecified atom stereocenters. The first kappa shape index (κ1) is 11.1. The average molecular weight is 192 g/mol. The number of aliphatic carboxylic acids is 1. The lowest BCUT2D eigenvalue weighted by Crippen LogP contribution is -2.39. The third kappa shape index (κ3) is 7.23. The molecule has 0 aromatic heterocycles. The highest BCUT2D eigenvalue weighted by atomic mass is 32.1. The lowest BCUT2D eigenvalue weighted by atomic mass is 10.4. The minimum absolute atomic E-state index is 0.193. The molecule has 0 aliphatic heterocycles. The molecule has 0 atom stereocenters. The SMILES string of the molecule is CC(C)NC(=S)NOCC(=O)O. The fourth-order valence-electron chi connectivity index (χ4n) is 0.455. The fraction of sp³-hybridized carbons (Fsp3) is 0.667. The van der Waals surface area contributed by atoms with Crippen LogP contribution in [-0.4, -0.2) is 28.8 Å². The molecular weight excluding hydrogens is 180 g/mol. The Morgan fingerprint density at radius 3 is 2.67 bits per heavy atom. The molecule has 0 bridgehead atoms. The van der Waals surface area contributed by atoms with Crippen LogP contribution in [0.3, 0.4) is 0 Å². The molecule has 0 aliphatic carbocycles. The molecule has 6 heteroatoms. The molecule has 0 saturated heterocycles. The van der Waals surface area contributed by atoms with Gasteiger partial charge in [0.15, 0.2) is 11.7 Å². The van der Waals surface area contributed by atoms with Crippen molar-refractivity contribution in [3.63, 3.8) is 0 Å². The molecule has 0 aromatic carbocycles. The van der Waals surface area contributed by atoms with E-state index in [0.29, 0.717) is 0 Å². The van der Waals surface area contributed by atoms with Gasteiger partial charge in [0.1, 0.15) is 0 Å². The van der Waals surface area contributed by atoms with Gasteiger partial charge in [0, 0.05) is 6.04 Å². The summed E-state index contributed by atoms with van der Waals surface area (Å²) < 4.78 is 0. The van der Waals surface area contributed by atoms with Crippen molar-refractivity contribution in [2.24, 2.45) is 0 Å². The van der Waals surface area contributed by atoms with Crippen molar-refractivity contribution in [1.82, 2.24) is 10.8 Å². The van der Waals surface area contributed by atoms with E-state index in [2.05, 4.69) is 15.6 Å². The van der Waals surface area contributed by atoms with E-state index in [1.165, 1.54) is 0 Å². The lowest BCUT2D eigenvalue weighted by Gasteiger charge is -2.11. The molecule has 70 valence electrons. The number of carbonyl (C=O) groups is 1. The van der Waals surface area contributed by atoms with E-state index >= 15 is 0 Å². The smallest absolute Gasteiger partial charge is 0.332 e. The van der Waals surface area contributed by atoms with Crippen LogP contribution >= 0.6 is 12.2 Å². The molecule has 0 aliphatic rings. The molecule has 0 heterocycles. The largest absolute Gasteiger partial charge is 0.479 e. The Morgan fingerprint density at radius 1 is 1.67 bits per heavy atom. The number of thiocarbonyl (C=S) groups is 1. The molecule has 12 heavy (non-hydrogen) atoms. The number of nitrogens with one attached hydrogen (secondary N) is 2. The summed E-state index contributed by atoms with van der Waals surface area (Å²) in [6.45, 7) is 3.40. The highest BCUT2D eigenvalue weighted by molar-refractivity contribution is 7.80. The summed E-state index contributed by atoms with van der Waals surface area (Å²) in [5.74, 6) is -1.05. The number of hydroxylamine groups is 1. The molecule has 0 rings (SSSR count). The first-order valence-electron chi connectivity index (χ1n) is 3.42. The molecule has 0 aromatic rings. The summed E-state index contributed by atoms with van der Waals surface area (Å²) in [6, 6.07) is 0.193. The summed E-state index contributed by atoms with van der Waals surface area (Å²) in [4.78, 5) is 14.5. The van der Waals surface area contributed by atoms with E-state index in [4.69, 9.17) is 17.3 Å². The second kappa shape index (κ2) is 5.73. The van der Waals surface area contributed by atoms with Gasteiger partial charge in [-0.2, -0.15) is 0 Å². The van der Waals surface area contributed by atoms with Crippen LogP contribution in [0, 0.1) is 0 Å². The number of rotatable bonds is 4. The minimum atomic E-state index is -1.05. The Kier molecular flexibility index (Phi) is 5.31. The number of carboxylic acid groups (broad SMARTS) is 1. The van der Waals surface area contributed by atoms with Gasteiger partial charge in [0.25, 0.3) is 0 Å². The Labute approximate surface area is 76.0 Å². The predicted octanol–water partition coefficient (Wildman–Crippen LogP) is -0.125. The molecule has 0 saturated carbocycles. The van der Waals surface area contributed by atoms with E-state index in [-0.39, 0.29) is 11.2 Å². The maximum Gasteiger partial charge on any atom is 0.332 e. The zero-order valence-corrected chi connectivity index (χ0v) is 7.77. The topological polar surface area (TPSA) is 70.6 Å². The Bertz CT molecular complexity index is 172. The van der Waals surface area contributed by atoms with Gasteiger partial charge >= 0.3 is 5.97 Å². The van der Waals surface area contributed by atoms with Crippen molar-refractivity contribution >= 4 is 23.3 Å². The molecule has 0 fully saturated rings. The second-order valence-electron chi connectivity index (χ2n) is 2.41. The molecule has 0 amide bonds. The van der Waals surface area contributed by atoms with Crippen LogP contribution in [0.1, 0.15) is 13.8 Å². The van der Waals surface area contributed by atoms with Gasteiger partial charge in [-0.15, -0.1) is 0 Å². The first-order valence-corrected chi connectivity index (χ1v) is 3.83. The first-order chi connectivity index (χ1) is 5.52. The molecule has 3 N–H and O–H groups in total.